The number of carbonyl (C=O) groups excluding carboxylic acids is 1. The Labute approximate surface area is 192 Å². The fourth-order valence-electron chi connectivity index (χ4n) is 3.28. The van der Waals surface area contributed by atoms with Crippen LogP contribution in [-0.2, 0) is 6.54 Å². The topological polar surface area (TPSA) is 56.2 Å². The number of carbonyl (C=O) groups is 1. The Morgan fingerprint density at radius 1 is 0.941 bits per heavy atom. The fraction of sp³-hybridized carbons (Fsp3) is 0.120. The zero-order chi connectivity index (χ0) is 24.1. The van der Waals surface area contributed by atoms with Gasteiger partial charge in [0.25, 0.3) is 5.91 Å². The van der Waals surface area contributed by atoms with E-state index in [2.05, 4.69) is 15.0 Å². The lowest BCUT2D eigenvalue weighted by Crippen LogP contribution is -2.19. The normalized spacial score (nSPS) is 11.3. The van der Waals surface area contributed by atoms with Crippen molar-refractivity contribution in [2.24, 2.45) is 0 Å². The number of nitrogens with zero attached hydrogens (tertiary/aromatic N) is 2. The fourth-order valence-corrected chi connectivity index (χ4v) is 3.28. The number of nitrogens with one attached hydrogen (secondary N) is 1. The van der Waals surface area contributed by atoms with Gasteiger partial charge < -0.3 is 14.6 Å². The van der Waals surface area contributed by atoms with E-state index in [0.29, 0.717) is 23.6 Å². The molecule has 1 heterocycles. The molecule has 0 saturated heterocycles. The van der Waals surface area contributed by atoms with Crippen molar-refractivity contribution in [3.8, 4) is 17.0 Å². The van der Waals surface area contributed by atoms with Gasteiger partial charge in [0.2, 0.25) is 0 Å². The summed E-state index contributed by atoms with van der Waals surface area (Å²) in [4.78, 5) is 17.4. The second-order valence-corrected chi connectivity index (χ2v) is 7.44. The minimum absolute atomic E-state index is 0.00463. The monoisotopic (exact) mass is 469 g/mol. The molecule has 1 amide bonds. The number of aromatic nitrogens is 2. The molecule has 1 N–H and O–H groups in total. The molecule has 9 heteroatoms. The number of hydrogen-bond acceptors (Lipinski definition) is 3. The number of rotatable bonds is 7. The first-order chi connectivity index (χ1) is 16.3. The van der Waals surface area contributed by atoms with Crippen molar-refractivity contribution in [1.82, 2.24) is 9.55 Å². The highest BCUT2D eigenvalue weighted by Gasteiger charge is 2.28. The molecule has 3 aromatic carbocycles. The van der Waals surface area contributed by atoms with Gasteiger partial charge in [-0.25, -0.2) is 9.37 Å². The average molecular weight is 469 g/mol. The van der Waals surface area contributed by atoms with Crippen LogP contribution >= 0.6 is 0 Å². The number of ether oxygens (including phenoxy) is 1. The number of amides is 1. The van der Waals surface area contributed by atoms with Crippen LogP contribution in [0, 0.1) is 5.82 Å². The summed E-state index contributed by atoms with van der Waals surface area (Å²) in [6.07, 6.45) is -2.88. The summed E-state index contributed by atoms with van der Waals surface area (Å²) < 4.78 is 56.9. The van der Waals surface area contributed by atoms with E-state index in [0.717, 1.165) is 5.56 Å². The van der Waals surface area contributed by atoms with Crippen molar-refractivity contribution in [1.29, 1.82) is 0 Å². The smallest absolute Gasteiger partial charge is 0.422 e. The number of benzene rings is 3. The van der Waals surface area contributed by atoms with Crippen molar-refractivity contribution in [3.05, 3.63) is 102 Å². The van der Waals surface area contributed by atoms with Gasteiger partial charge in [-0.05, 0) is 54.1 Å². The van der Waals surface area contributed by atoms with Crippen molar-refractivity contribution < 1.29 is 27.1 Å². The van der Waals surface area contributed by atoms with E-state index in [9.17, 15) is 22.4 Å². The van der Waals surface area contributed by atoms with Crippen molar-refractivity contribution in [2.75, 3.05) is 11.9 Å². The molecule has 0 atom stereocenters. The van der Waals surface area contributed by atoms with Gasteiger partial charge in [0.05, 0.1) is 12.9 Å². The highest BCUT2D eigenvalue weighted by Crippen LogP contribution is 2.28. The third-order valence-corrected chi connectivity index (χ3v) is 4.90. The molecular weight excluding hydrogens is 450 g/mol. The second-order valence-electron chi connectivity index (χ2n) is 7.44. The van der Waals surface area contributed by atoms with E-state index in [1.807, 2.05) is 30.3 Å². The maximum absolute atomic E-state index is 13.4. The first-order valence-corrected chi connectivity index (χ1v) is 10.2. The Bertz CT molecular complexity index is 1250. The van der Waals surface area contributed by atoms with Crippen LogP contribution in [0.5, 0.6) is 5.75 Å². The van der Waals surface area contributed by atoms with Crippen molar-refractivity contribution in [3.63, 3.8) is 0 Å². The summed E-state index contributed by atoms with van der Waals surface area (Å²) in [6, 6.07) is 20.6. The maximum Gasteiger partial charge on any atom is 0.422 e. The van der Waals surface area contributed by atoms with Crippen LogP contribution in [0.4, 0.5) is 23.4 Å². The van der Waals surface area contributed by atoms with Crippen LogP contribution in [0.2, 0.25) is 0 Å². The van der Waals surface area contributed by atoms with Crippen molar-refractivity contribution >= 4 is 11.7 Å². The quantitative estimate of drug-likeness (QED) is 0.341. The largest absolute Gasteiger partial charge is 0.484 e. The molecule has 4 rings (SSSR count). The van der Waals surface area contributed by atoms with Gasteiger partial charge in [-0.2, -0.15) is 13.2 Å². The van der Waals surface area contributed by atoms with Crippen LogP contribution in [0.25, 0.3) is 11.3 Å². The van der Waals surface area contributed by atoms with Crippen LogP contribution < -0.4 is 10.1 Å². The first-order valence-electron chi connectivity index (χ1n) is 10.2. The molecule has 174 valence electrons. The molecule has 4 aromatic rings. The van der Waals surface area contributed by atoms with Gasteiger partial charge in [0.15, 0.2) is 6.61 Å². The zero-order valence-corrected chi connectivity index (χ0v) is 17.7. The van der Waals surface area contributed by atoms with Gasteiger partial charge in [-0.3, -0.25) is 4.79 Å². The molecule has 5 nitrogen and oxygen atoms in total. The van der Waals surface area contributed by atoms with Crippen LogP contribution in [0.15, 0.2) is 85.2 Å². The Morgan fingerprint density at radius 2 is 1.62 bits per heavy atom. The minimum atomic E-state index is -4.45. The standard InChI is InChI=1S/C25H19F4N3O2/c26-20-10-6-18(7-11-20)22-23(32(16-30-22)14-17-4-2-1-3-5-17)31-24(33)19-8-12-21(13-9-19)34-15-25(27,28)29/h1-13,16H,14-15H2,(H,31,33). The Morgan fingerprint density at radius 3 is 2.26 bits per heavy atom. The molecule has 0 aliphatic carbocycles. The summed E-state index contributed by atoms with van der Waals surface area (Å²) in [5, 5.41) is 2.83. The Hall–Kier alpha value is -4.14. The molecule has 0 fully saturated rings. The lowest BCUT2D eigenvalue weighted by atomic mass is 10.1. The van der Waals surface area contributed by atoms with E-state index in [1.165, 1.54) is 36.4 Å². The molecule has 34 heavy (non-hydrogen) atoms. The summed E-state index contributed by atoms with van der Waals surface area (Å²) in [6.45, 7) is -0.993. The van der Waals surface area contributed by atoms with Gasteiger partial charge in [-0.1, -0.05) is 30.3 Å². The molecular formula is C25H19F4N3O2. The summed E-state index contributed by atoms with van der Waals surface area (Å²) in [5.74, 6) is -0.487. The molecule has 0 aliphatic rings. The number of anilines is 1. The lowest BCUT2D eigenvalue weighted by Gasteiger charge is -2.13. The highest BCUT2D eigenvalue weighted by atomic mass is 19.4. The van der Waals surface area contributed by atoms with E-state index in [-0.39, 0.29) is 11.3 Å². The molecule has 0 radical (unpaired) electrons. The lowest BCUT2D eigenvalue weighted by molar-refractivity contribution is -0.153. The molecule has 0 aliphatic heterocycles. The highest BCUT2D eigenvalue weighted by molar-refractivity contribution is 6.05. The van der Waals surface area contributed by atoms with Gasteiger partial charge >= 0.3 is 6.18 Å². The summed E-state index contributed by atoms with van der Waals surface area (Å²) in [5.41, 5.74) is 2.26. The second kappa shape index (κ2) is 9.78. The van der Waals surface area contributed by atoms with E-state index < -0.39 is 24.5 Å². The van der Waals surface area contributed by atoms with Gasteiger partial charge in [0.1, 0.15) is 23.1 Å². The molecule has 0 unspecified atom stereocenters. The third-order valence-electron chi connectivity index (χ3n) is 4.90. The Kier molecular flexibility index (Phi) is 6.62. The average Bonchev–Trinajstić information content (AvgIpc) is 3.20. The predicted molar refractivity (Wildman–Crippen MR) is 119 cm³/mol. The first kappa shape index (κ1) is 23.0. The van der Waals surface area contributed by atoms with Crippen LogP contribution in [-0.4, -0.2) is 28.2 Å². The number of halogens is 4. The summed E-state index contributed by atoms with van der Waals surface area (Å²) in [7, 11) is 0. The SMILES string of the molecule is O=C(Nc1c(-c2ccc(F)cc2)ncn1Cc1ccccc1)c1ccc(OCC(F)(F)F)cc1. The Balaban J connectivity index is 1.59. The molecule has 0 spiro atoms. The van der Waals surface area contributed by atoms with E-state index in [1.54, 1.807) is 23.0 Å². The number of imidazole rings is 1. The van der Waals surface area contributed by atoms with E-state index >= 15 is 0 Å². The van der Waals surface area contributed by atoms with Crippen LogP contribution in [0.1, 0.15) is 15.9 Å². The summed E-state index contributed by atoms with van der Waals surface area (Å²) >= 11 is 0. The molecule has 0 bridgehead atoms. The molecule has 0 saturated carbocycles. The minimum Gasteiger partial charge on any atom is -0.484 e. The van der Waals surface area contributed by atoms with Crippen LogP contribution in [0.3, 0.4) is 0 Å². The number of alkyl halides is 3. The third kappa shape index (κ3) is 5.80. The van der Waals surface area contributed by atoms with Crippen molar-refractivity contribution in [2.45, 2.75) is 12.7 Å². The van der Waals surface area contributed by atoms with Gasteiger partial charge in [-0.15, -0.1) is 0 Å². The number of hydrogen-bond donors (Lipinski definition) is 1. The molecule has 1 aromatic heterocycles. The zero-order valence-electron chi connectivity index (χ0n) is 17.7. The predicted octanol–water partition coefficient (Wildman–Crippen LogP) is 5.93. The maximum atomic E-state index is 13.4. The van der Waals surface area contributed by atoms with Gasteiger partial charge in [0, 0.05) is 11.1 Å². The van der Waals surface area contributed by atoms with E-state index in [4.69, 9.17) is 0 Å².